The lowest BCUT2D eigenvalue weighted by Crippen LogP contribution is -2.63. The second-order valence-electron chi connectivity index (χ2n) is 5.73. The molecule has 0 saturated carbocycles. The van der Waals surface area contributed by atoms with Gasteiger partial charge in [-0.25, -0.2) is 0 Å². The first-order chi connectivity index (χ1) is 10.3. The summed E-state index contributed by atoms with van der Waals surface area (Å²) in [7, 11) is 0. The molecule has 1 N–H and O–H groups in total. The van der Waals surface area contributed by atoms with Crippen molar-refractivity contribution in [1.29, 1.82) is 5.26 Å². The van der Waals surface area contributed by atoms with Crippen LogP contribution in [0.4, 0.5) is 0 Å². The van der Waals surface area contributed by atoms with Crippen molar-refractivity contribution in [3.8, 4) is 6.07 Å². The SMILES string of the molecule is N#CCc1ccc(C(=O)NCC2CN3CCN2CC3)cc1. The van der Waals surface area contributed by atoms with Gasteiger partial charge in [-0.3, -0.25) is 14.6 Å². The summed E-state index contributed by atoms with van der Waals surface area (Å²) in [6, 6.07) is 9.81. The number of benzene rings is 1. The number of piperazine rings is 3. The van der Waals surface area contributed by atoms with Crippen LogP contribution in [0.3, 0.4) is 0 Å². The molecule has 1 atom stereocenters. The third kappa shape index (κ3) is 3.23. The van der Waals surface area contributed by atoms with Gasteiger partial charge in [0.2, 0.25) is 0 Å². The summed E-state index contributed by atoms with van der Waals surface area (Å²) < 4.78 is 0. The molecule has 3 fully saturated rings. The number of rotatable bonds is 4. The molecule has 2 bridgehead atoms. The Labute approximate surface area is 125 Å². The van der Waals surface area contributed by atoms with Crippen LogP contribution in [0.2, 0.25) is 0 Å². The van der Waals surface area contributed by atoms with Gasteiger partial charge in [0.15, 0.2) is 0 Å². The average molecular weight is 284 g/mol. The van der Waals surface area contributed by atoms with Crippen LogP contribution < -0.4 is 5.32 Å². The van der Waals surface area contributed by atoms with E-state index in [9.17, 15) is 4.79 Å². The lowest BCUT2D eigenvalue weighted by Gasteiger charge is -2.47. The fourth-order valence-corrected chi connectivity index (χ4v) is 3.10. The third-order valence-electron chi connectivity index (χ3n) is 4.39. The topological polar surface area (TPSA) is 59.4 Å². The zero-order chi connectivity index (χ0) is 14.7. The van der Waals surface area contributed by atoms with Gasteiger partial charge in [-0.15, -0.1) is 0 Å². The van der Waals surface area contributed by atoms with E-state index in [1.165, 1.54) is 0 Å². The van der Waals surface area contributed by atoms with Crippen molar-refractivity contribution in [2.45, 2.75) is 12.5 Å². The fraction of sp³-hybridized carbons (Fsp3) is 0.500. The highest BCUT2D eigenvalue weighted by molar-refractivity contribution is 5.94. The Morgan fingerprint density at radius 1 is 1.24 bits per heavy atom. The largest absolute Gasteiger partial charge is 0.350 e. The summed E-state index contributed by atoms with van der Waals surface area (Å²) in [6.45, 7) is 6.30. The summed E-state index contributed by atoms with van der Waals surface area (Å²) >= 11 is 0. The van der Waals surface area contributed by atoms with Crippen molar-refractivity contribution in [3.05, 3.63) is 35.4 Å². The van der Waals surface area contributed by atoms with E-state index in [-0.39, 0.29) is 5.91 Å². The maximum absolute atomic E-state index is 12.2. The van der Waals surface area contributed by atoms with E-state index < -0.39 is 0 Å². The van der Waals surface area contributed by atoms with Crippen molar-refractivity contribution in [2.75, 3.05) is 39.3 Å². The van der Waals surface area contributed by atoms with E-state index in [2.05, 4.69) is 21.2 Å². The van der Waals surface area contributed by atoms with Crippen molar-refractivity contribution < 1.29 is 4.79 Å². The number of carbonyl (C=O) groups is 1. The normalized spacial score (nSPS) is 27.1. The van der Waals surface area contributed by atoms with Crippen LogP contribution in [0.1, 0.15) is 15.9 Å². The quantitative estimate of drug-likeness (QED) is 0.874. The number of hydrogen-bond acceptors (Lipinski definition) is 4. The molecule has 110 valence electrons. The molecule has 3 saturated heterocycles. The van der Waals surface area contributed by atoms with Crippen LogP contribution in [0, 0.1) is 11.3 Å². The predicted molar refractivity (Wildman–Crippen MR) is 79.9 cm³/mol. The molecular weight excluding hydrogens is 264 g/mol. The lowest BCUT2D eigenvalue weighted by atomic mass is 10.1. The zero-order valence-electron chi connectivity index (χ0n) is 12.1. The summed E-state index contributed by atoms with van der Waals surface area (Å²) in [5, 5.41) is 11.7. The molecule has 0 aliphatic carbocycles. The summed E-state index contributed by atoms with van der Waals surface area (Å²) in [6.07, 6.45) is 0.384. The van der Waals surface area contributed by atoms with Crippen LogP contribution in [-0.4, -0.2) is 61.0 Å². The molecule has 1 aromatic carbocycles. The minimum Gasteiger partial charge on any atom is -0.350 e. The highest BCUT2D eigenvalue weighted by Crippen LogP contribution is 2.15. The van der Waals surface area contributed by atoms with Crippen molar-refractivity contribution >= 4 is 5.91 Å². The van der Waals surface area contributed by atoms with Gasteiger partial charge in [0.25, 0.3) is 5.91 Å². The van der Waals surface area contributed by atoms with E-state index in [0.717, 1.165) is 38.3 Å². The molecule has 5 nitrogen and oxygen atoms in total. The first kappa shape index (κ1) is 14.1. The van der Waals surface area contributed by atoms with Gasteiger partial charge in [-0.1, -0.05) is 12.1 Å². The molecule has 3 aliphatic rings. The Bertz CT molecular complexity index is 540. The Kier molecular flexibility index (Phi) is 4.18. The molecule has 4 rings (SSSR count). The lowest BCUT2D eigenvalue weighted by molar-refractivity contribution is 0.0138. The van der Waals surface area contributed by atoms with Crippen molar-refractivity contribution in [2.24, 2.45) is 0 Å². The van der Waals surface area contributed by atoms with Gasteiger partial charge in [-0.05, 0) is 17.7 Å². The van der Waals surface area contributed by atoms with Crippen LogP contribution in [0.5, 0.6) is 0 Å². The predicted octanol–water partition coefficient (Wildman–Crippen LogP) is 0.482. The minimum absolute atomic E-state index is 0.0313. The van der Waals surface area contributed by atoms with E-state index in [4.69, 9.17) is 5.26 Å². The second-order valence-corrected chi connectivity index (χ2v) is 5.73. The van der Waals surface area contributed by atoms with Gasteiger partial charge >= 0.3 is 0 Å². The number of nitriles is 1. The molecule has 0 aromatic heterocycles. The molecule has 1 unspecified atom stereocenters. The van der Waals surface area contributed by atoms with E-state index in [1.54, 1.807) is 12.1 Å². The second kappa shape index (κ2) is 6.25. The molecule has 5 heteroatoms. The number of nitrogens with one attached hydrogen (secondary N) is 1. The summed E-state index contributed by atoms with van der Waals surface area (Å²) in [5.41, 5.74) is 1.60. The number of carbonyl (C=O) groups excluding carboxylic acids is 1. The van der Waals surface area contributed by atoms with Crippen LogP contribution >= 0.6 is 0 Å². The average Bonchev–Trinajstić information content (AvgIpc) is 2.55. The molecule has 0 spiro atoms. The zero-order valence-corrected chi connectivity index (χ0v) is 12.1. The maximum atomic E-state index is 12.2. The Hall–Kier alpha value is -1.90. The summed E-state index contributed by atoms with van der Waals surface area (Å²) in [5.74, 6) is -0.0313. The molecular formula is C16H20N4O. The number of fused-ring (bicyclic) bond motifs is 3. The Morgan fingerprint density at radius 2 is 1.95 bits per heavy atom. The van der Waals surface area contributed by atoms with Crippen molar-refractivity contribution in [3.63, 3.8) is 0 Å². The minimum atomic E-state index is -0.0313. The van der Waals surface area contributed by atoms with Crippen LogP contribution in [-0.2, 0) is 6.42 Å². The molecule has 1 amide bonds. The molecule has 3 heterocycles. The molecule has 3 aliphatic heterocycles. The van der Waals surface area contributed by atoms with Gasteiger partial charge < -0.3 is 5.32 Å². The monoisotopic (exact) mass is 284 g/mol. The van der Waals surface area contributed by atoms with E-state index in [0.29, 0.717) is 24.6 Å². The standard InChI is InChI=1S/C16H20N4O/c17-6-5-13-1-3-14(4-2-13)16(21)18-11-15-12-19-7-9-20(15)10-8-19/h1-4,15H,5,7-12H2,(H,18,21). The van der Waals surface area contributed by atoms with Gasteiger partial charge in [0.1, 0.15) is 0 Å². The first-order valence-corrected chi connectivity index (χ1v) is 7.47. The van der Waals surface area contributed by atoms with Gasteiger partial charge in [-0.2, -0.15) is 5.26 Å². The van der Waals surface area contributed by atoms with Gasteiger partial charge in [0.05, 0.1) is 12.5 Å². The van der Waals surface area contributed by atoms with E-state index >= 15 is 0 Å². The Balaban J connectivity index is 1.53. The van der Waals surface area contributed by atoms with Crippen LogP contribution in [0.25, 0.3) is 0 Å². The smallest absolute Gasteiger partial charge is 0.251 e. The molecule has 0 radical (unpaired) electrons. The number of nitrogens with zero attached hydrogens (tertiary/aromatic N) is 3. The Morgan fingerprint density at radius 3 is 2.52 bits per heavy atom. The number of hydrogen-bond donors (Lipinski definition) is 1. The molecule has 1 aromatic rings. The highest BCUT2D eigenvalue weighted by Gasteiger charge is 2.31. The fourth-order valence-electron chi connectivity index (χ4n) is 3.10. The van der Waals surface area contributed by atoms with E-state index in [1.807, 2.05) is 12.1 Å². The highest BCUT2D eigenvalue weighted by atomic mass is 16.1. The first-order valence-electron chi connectivity index (χ1n) is 7.47. The maximum Gasteiger partial charge on any atom is 0.251 e. The van der Waals surface area contributed by atoms with Crippen molar-refractivity contribution in [1.82, 2.24) is 15.1 Å². The summed E-state index contributed by atoms with van der Waals surface area (Å²) in [4.78, 5) is 17.1. The third-order valence-corrected chi connectivity index (χ3v) is 4.39. The molecule has 21 heavy (non-hydrogen) atoms. The number of amides is 1. The van der Waals surface area contributed by atoms with Gasteiger partial charge in [0, 0.05) is 50.9 Å². The van der Waals surface area contributed by atoms with Crippen LogP contribution in [0.15, 0.2) is 24.3 Å².